The maximum Gasteiger partial charge on any atom is 0.274 e. The molecule has 0 bridgehead atoms. The van der Waals surface area contributed by atoms with E-state index in [2.05, 4.69) is 10.0 Å². The SMILES string of the molecule is CC(C(=O)N1CCCC(CNS(N)(=O)=O)C1)C1CNC1. The molecule has 0 aromatic rings. The molecule has 1 amide bonds. The molecule has 2 aliphatic rings. The van der Waals surface area contributed by atoms with Crippen molar-refractivity contribution in [1.29, 1.82) is 0 Å². The van der Waals surface area contributed by atoms with Crippen LogP contribution in [0.15, 0.2) is 0 Å². The Bertz CT molecular complexity index is 450. The molecular formula is C12H24N4O3S. The van der Waals surface area contributed by atoms with E-state index in [4.69, 9.17) is 5.14 Å². The molecule has 0 radical (unpaired) electrons. The molecule has 0 saturated carbocycles. The van der Waals surface area contributed by atoms with Gasteiger partial charge in [0.15, 0.2) is 0 Å². The lowest BCUT2D eigenvalue weighted by Crippen LogP contribution is -2.52. The van der Waals surface area contributed by atoms with Gasteiger partial charge in [-0.05, 0) is 37.8 Å². The number of rotatable bonds is 5. The zero-order chi connectivity index (χ0) is 14.8. The van der Waals surface area contributed by atoms with Crippen LogP contribution in [-0.2, 0) is 15.0 Å². The van der Waals surface area contributed by atoms with Gasteiger partial charge in [-0.2, -0.15) is 8.42 Å². The zero-order valence-corrected chi connectivity index (χ0v) is 12.7. The van der Waals surface area contributed by atoms with E-state index in [1.165, 1.54) is 0 Å². The molecule has 7 nitrogen and oxygen atoms in total. The molecule has 0 aromatic heterocycles. The van der Waals surface area contributed by atoms with Crippen molar-refractivity contribution in [3.63, 3.8) is 0 Å². The fraction of sp³-hybridized carbons (Fsp3) is 0.917. The largest absolute Gasteiger partial charge is 0.342 e. The van der Waals surface area contributed by atoms with Crippen LogP contribution in [0, 0.1) is 17.8 Å². The number of amides is 1. The van der Waals surface area contributed by atoms with E-state index in [0.29, 0.717) is 19.0 Å². The minimum Gasteiger partial charge on any atom is -0.342 e. The number of nitrogens with zero attached hydrogens (tertiary/aromatic N) is 1. The van der Waals surface area contributed by atoms with Crippen molar-refractivity contribution < 1.29 is 13.2 Å². The third-order valence-corrected chi connectivity index (χ3v) is 4.88. The van der Waals surface area contributed by atoms with Crippen molar-refractivity contribution >= 4 is 16.1 Å². The van der Waals surface area contributed by atoms with Gasteiger partial charge in [-0.3, -0.25) is 4.79 Å². The van der Waals surface area contributed by atoms with Crippen LogP contribution in [0.25, 0.3) is 0 Å². The van der Waals surface area contributed by atoms with Crippen LogP contribution < -0.4 is 15.2 Å². The highest BCUT2D eigenvalue weighted by atomic mass is 32.2. The number of piperidine rings is 1. The minimum absolute atomic E-state index is 0.0428. The highest BCUT2D eigenvalue weighted by molar-refractivity contribution is 7.87. The summed E-state index contributed by atoms with van der Waals surface area (Å²) in [5.41, 5.74) is 0. The predicted octanol–water partition coefficient (Wildman–Crippen LogP) is -1.13. The molecule has 2 heterocycles. The molecule has 2 aliphatic heterocycles. The number of likely N-dealkylation sites (tertiary alicyclic amines) is 1. The Balaban J connectivity index is 1.84. The molecule has 8 heteroatoms. The normalized spacial score (nSPS) is 26.1. The summed E-state index contributed by atoms with van der Waals surface area (Å²) in [6, 6.07) is 0. The first kappa shape index (κ1) is 15.7. The molecule has 116 valence electrons. The second-order valence-corrected chi connectivity index (χ2v) is 7.27. The first-order chi connectivity index (χ1) is 9.37. The van der Waals surface area contributed by atoms with Crippen molar-refractivity contribution in [2.45, 2.75) is 19.8 Å². The van der Waals surface area contributed by atoms with Gasteiger partial charge in [-0.15, -0.1) is 0 Å². The Kier molecular flexibility index (Phi) is 5.00. The molecule has 2 fully saturated rings. The average Bonchev–Trinajstić information content (AvgIpc) is 2.33. The summed E-state index contributed by atoms with van der Waals surface area (Å²) in [4.78, 5) is 14.3. The summed E-state index contributed by atoms with van der Waals surface area (Å²) in [5.74, 6) is 0.821. The smallest absolute Gasteiger partial charge is 0.274 e. The lowest BCUT2D eigenvalue weighted by molar-refractivity contribution is -0.139. The Labute approximate surface area is 120 Å². The van der Waals surface area contributed by atoms with Crippen LogP contribution in [0.5, 0.6) is 0 Å². The Morgan fingerprint density at radius 3 is 2.75 bits per heavy atom. The van der Waals surface area contributed by atoms with Crippen molar-refractivity contribution in [1.82, 2.24) is 14.9 Å². The number of nitrogens with two attached hydrogens (primary N) is 1. The highest BCUT2D eigenvalue weighted by Gasteiger charge is 2.33. The maximum absolute atomic E-state index is 12.4. The van der Waals surface area contributed by atoms with E-state index in [-0.39, 0.29) is 17.7 Å². The van der Waals surface area contributed by atoms with Crippen LogP contribution in [0.3, 0.4) is 0 Å². The van der Waals surface area contributed by atoms with Gasteiger partial charge in [-0.1, -0.05) is 6.92 Å². The number of hydrogen-bond acceptors (Lipinski definition) is 4. The standard InChI is InChI=1S/C12H24N4O3S/c1-9(11-6-14-7-11)12(17)16-4-2-3-10(8-16)5-15-20(13,18)19/h9-11,14-15H,2-8H2,1H3,(H2,13,18,19). The zero-order valence-electron chi connectivity index (χ0n) is 11.8. The molecular weight excluding hydrogens is 280 g/mol. The lowest BCUT2D eigenvalue weighted by Gasteiger charge is -2.38. The third-order valence-electron chi connectivity index (χ3n) is 4.31. The van der Waals surface area contributed by atoms with Crippen LogP contribution in [0.4, 0.5) is 0 Å². The van der Waals surface area contributed by atoms with Gasteiger partial charge in [0, 0.05) is 25.6 Å². The molecule has 4 N–H and O–H groups in total. The van der Waals surface area contributed by atoms with Gasteiger partial charge in [0.1, 0.15) is 0 Å². The average molecular weight is 304 g/mol. The van der Waals surface area contributed by atoms with E-state index in [9.17, 15) is 13.2 Å². The minimum atomic E-state index is -3.65. The molecule has 0 aromatic carbocycles. The molecule has 2 saturated heterocycles. The van der Waals surface area contributed by atoms with Crippen molar-refractivity contribution in [2.75, 3.05) is 32.7 Å². The van der Waals surface area contributed by atoms with E-state index in [1.807, 2.05) is 11.8 Å². The topological polar surface area (TPSA) is 105 Å². The predicted molar refractivity (Wildman–Crippen MR) is 75.9 cm³/mol. The highest BCUT2D eigenvalue weighted by Crippen LogP contribution is 2.22. The Morgan fingerprint density at radius 2 is 2.20 bits per heavy atom. The molecule has 0 aliphatic carbocycles. The Morgan fingerprint density at radius 1 is 1.50 bits per heavy atom. The van der Waals surface area contributed by atoms with Gasteiger partial charge in [0.25, 0.3) is 10.2 Å². The van der Waals surface area contributed by atoms with Gasteiger partial charge >= 0.3 is 0 Å². The summed E-state index contributed by atoms with van der Waals surface area (Å²) in [7, 11) is -3.65. The van der Waals surface area contributed by atoms with Gasteiger partial charge in [0.05, 0.1) is 0 Å². The maximum atomic E-state index is 12.4. The molecule has 2 atom stereocenters. The molecule has 20 heavy (non-hydrogen) atoms. The quantitative estimate of drug-likeness (QED) is 0.598. The summed E-state index contributed by atoms with van der Waals surface area (Å²) < 4.78 is 24.2. The Hall–Kier alpha value is -0.700. The molecule has 0 spiro atoms. The lowest BCUT2D eigenvalue weighted by atomic mass is 9.87. The van der Waals surface area contributed by atoms with E-state index in [1.54, 1.807) is 0 Å². The summed E-state index contributed by atoms with van der Waals surface area (Å²) in [6.07, 6.45) is 1.84. The fourth-order valence-corrected chi connectivity index (χ4v) is 3.29. The van der Waals surface area contributed by atoms with Gasteiger partial charge in [-0.25, -0.2) is 9.86 Å². The third kappa shape index (κ3) is 4.15. The van der Waals surface area contributed by atoms with Crippen LogP contribution in [0.2, 0.25) is 0 Å². The molecule has 2 rings (SSSR count). The van der Waals surface area contributed by atoms with E-state index < -0.39 is 10.2 Å². The van der Waals surface area contributed by atoms with E-state index in [0.717, 1.165) is 32.5 Å². The van der Waals surface area contributed by atoms with Gasteiger partial charge in [0.2, 0.25) is 5.91 Å². The second kappa shape index (κ2) is 6.38. The summed E-state index contributed by atoms with van der Waals surface area (Å²) >= 11 is 0. The van der Waals surface area contributed by atoms with Crippen LogP contribution in [-0.4, -0.2) is 51.9 Å². The second-order valence-electron chi connectivity index (χ2n) is 5.89. The number of carbonyl (C=O) groups is 1. The summed E-state index contributed by atoms with van der Waals surface area (Å²) in [6.45, 7) is 5.51. The van der Waals surface area contributed by atoms with Crippen LogP contribution >= 0.6 is 0 Å². The number of carbonyl (C=O) groups excluding carboxylic acids is 1. The van der Waals surface area contributed by atoms with Crippen molar-refractivity contribution in [3.8, 4) is 0 Å². The monoisotopic (exact) mass is 304 g/mol. The molecule has 2 unspecified atom stereocenters. The van der Waals surface area contributed by atoms with E-state index >= 15 is 0 Å². The summed E-state index contributed by atoms with van der Waals surface area (Å²) in [5, 5.41) is 8.12. The first-order valence-electron chi connectivity index (χ1n) is 7.13. The fourth-order valence-electron chi connectivity index (χ4n) is 2.82. The first-order valence-corrected chi connectivity index (χ1v) is 8.68. The van der Waals surface area contributed by atoms with Crippen molar-refractivity contribution in [3.05, 3.63) is 0 Å². The van der Waals surface area contributed by atoms with Crippen molar-refractivity contribution in [2.24, 2.45) is 22.9 Å². The van der Waals surface area contributed by atoms with Gasteiger partial charge < -0.3 is 10.2 Å². The van der Waals surface area contributed by atoms with Crippen LogP contribution in [0.1, 0.15) is 19.8 Å². The number of hydrogen-bond donors (Lipinski definition) is 3. The number of nitrogens with one attached hydrogen (secondary N) is 2.